The maximum absolute atomic E-state index is 11.9. The van der Waals surface area contributed by atoms with Crippen LogP contribution in [-0.4, -0.2) is 51.0 Å². The molecule has 0 aliphatic heterocycles. The zero-order valence-electron chi connectivity index (χ0n) is 12.5. The highest BCUT2D eigenvalue weighted by Crippen LogP contribution is 2.29. The van der Waals surface area contributed by atoms with Crippen LogP contribution in [0.2, 0.25) is 0 Å². The van der Waals surface area contributed by atoms with E-state index in [0.717, 1.165) is 16.1 Å². The molecule has 0 saturated heterocycles. The number of nitrogens with two attached hydrogens (primary N) is 1. The van der Waals surface area contributed by atoms with Crippen LogP contribution >= 0.6 is 24.0 Å². The van der Waals surface area contributed by atoms with Gasteiger partial charge in [-0.05, 0) is 18.4 Å². The largest absolute Gasteiger partial charge is 0.389 e. The molecule has 1 amide bonds. The van der Waals surface area contributed by atoms with Crippen molar-refractivity contribution in [3.05, 3.63) is 23.8 Å². The molecule has 0 aromatic heterocycles. The molecule has 1 aromatic rings. The van der Waals surface area contributed by atoms with Crippen LogP contribution in [0.1, 0.15) is 5.56 Å². The van der Waals surface area contributed by atoms with Crippen molar-refractivity contribution in [2.24, 2.45) is 5.73 Å². The molecule has 0 saturated carbocycles. The Hall–Kier alpha value is -1.31. The fraction of sp³-hybridized carbons (Fsp3) is 0.429. The average Bonchev–Trinajstić information content (AvgIpc) is 2.46. The summed E-state index contributed by atoms with van der Waals surface area (Å²) >= 11 is 6.72. The molecule has 0 spiro atoms. The summed E-state index contributed by atoms with van der Waals surface area (Å²) in [5, 5.41) is 2.79. The number of methoxy groups -OCH3 is 1. The Kier molecular flexibility index (Phi) is 7.49. The molecule has 1 rings (SSSR count). The lowest BCUT2D eigenvalue weighted by Gasteiger charge is -2.23. The lowest BCUT2D eigenvalue weighted by Crippen LogP contribution is -2.37. The number of carbonyl (C=O) groups excluding carboxylic acids is 1. The van der Waals surface area contributed by atoms with Crippen LogP contribution in [0, 0.1) is 0 Å². The van der Waals surface area contributed by atoms with E-state index in [4.69, 9.17) is 22.7 Å². The minimum atomic E-state index is -0.0713. The zero-order chi connectivity index (χ0) is 15.8. The maximum atomic E-state index is 11.9. The number of rotatable bonds is 8. The number of ether oxygens (including phenoxy) is 1. The van der Waals surface area contributed by atoms with Crippen molar-refractivity contribution in [3.63, 3.8) is 0 Å². The number of hydrogen-bond acceptors (Lipinski definition) is 5. The summed E-state index contributed by atoms with van der Waals surface area (Å²) < 4.78 is 4.90. The Bertz CT molecular complexity index is 509. The number of anilines is 1. The molecule has 5 nitrogen and oxygen atoms in total. The Balaban J connectivity index is 2.84. The molecule has 3 N–H and O–H groups in total. The first-order chi connectivity index (χ1) is 10.0. The second kappa shape index (κ2) is 8.86. The summed E-state index contributed by atoms with van der Waals surface area (Å²) in [6.45, 7) is 1.23. The van der Waals surface area contributed by atoms with Crippen LogP contribution in [0.25, 0.3) is 0 Å². The number of carbonyl (C=O) groups is 1. The summed E-state index contributed by atoms with van der Waals surface area (Å²) in [6.07, 6.45) is 1.97. The van der Waals surface area contributed by atoms with Crippen LogP contribution in [0.15, 0.2) is 23.1 Å². The van der Waals surface area contributed by atoms with Crippen LogP contribution in [0.5, 0.6) is 0 Å². The highest BCUT2D eigenvalue weighted by Gasteiger charge is 2.15. The highest BCUT2D eigenvalue weighted by atomic mass is 32.2. The molecule has 116 valence electrons. The predicted octanol–water partition coefficient (Wildman–Crippen LogP) is 1.24. The van der Waals surface area contributed by atoms with Crippen molar-refractivity contribution in [3.8, 4) is 0 Å². The second-order valence-corrected chi connectivity index (χ2v) is 5.71. The Morgan fingerprint density at radius 2 is 2.24 bits per heavy atom. The van der Waals surface area contributed by atoms with Crippen molar-refractivity contribution < 1.29 is 9.53 Å². The Morgan fingerprint density at radius 3 is 2.81 bits per heavy atom. The third-order valence-electron chi connectivity index (χ3n) is 2.89. The van der Waals surface area contributed by atoms with Gasteiger partial charge in [-0.15, -0.1) is 11.8 Å². The van der Waals surface area contributed by atoms with Crippen LogP contribution < -0.4 is 16.0 Å². The van der Waals surface area contributed by atoms with Crippen LogP contribution in [0.3, 0.4) is 0 Å². The molecule has 1 aromatic carbocycles. The molecule has 21 heavy (non-hydrogen) atoms. The molecule has 0 unspecified atom stereocenters. The van der Waals surface area contributed by atoms with Gasteiger partial charge in [0.15, 0.2) is 0 Å². The smallest absolute Gasteiger partial charge is 0.239 e. The Labute approximate surface area is 135 Å². The first kappa shape index (κ1) is 17.7. The summed E-state index contributed by atoms with van der Waals surface area (Å²) in [6, 6.07) is 5.81. The molecule has 0 aliphatic rings. The van der Waals surface area contributed by atoms with E-state index in [-0.39, 0.29) is 12.5 Å². The van der Waals surface area contributed by atoms with E-state index < -0.39 is 0 Å². The third kappa shape index (κ3) is 5.18. The number of thioether (sulfide) groups is 1. The van der Waals surface area contributed by atoms with Gasteiger partial charge < -0.3 is 20.7 Å². The summed E-state index contributed by atoms with van der Waals surface area (Å²) in [7, 11) is 3.44. The fourth-order valence-electron chi connectivity index (χ4n) is 1.90. The molecule has 0 radical (unpaired) electrons. The summed E-state index contributed by atoms with van der Waals surface area (Å²) in [4.78, 5) is 15.0. The van der Waals surface area contributed by atoms with Gasteiger partial charge in [0.1, 0.15) is 4.99 Å². The lowest BCUT2D eigenvalue weighted by molar-refractivity contribution is -0.119. The molecule has 0 heterocycles. The number of hydrogen-bond donors (Lipinski definition) is 2. The van der Waals surface area contributed by atoms with Gasteiger partial charge in [-0.25, -0.2) is 0 Å². The first-order valence-corrected chi connectivity index (χ1v) is 8.08. The van der Waals surface area contributed by atoms with E-state index in [1.165, 1.54) is 0 Å². The summed E-state index contributed by atoms with van der Waals surface area (Å²) in [5.41, 5.74) is 7.50. The zero-order valence-corrected chi connectivity index (χ0v) is 14.1. The van der Waals surface area contributed by atoms with Gasteiger partial charge in [0.2, 0.25) is 5.91 Å². The van der Waals surface area contributed by atoms with E-state index in [2.05, 4.69) is 5.32 Å². The SMILES string of the molecule is COCCNC(=O)CN(C)c1cccc(SC)c1C(N)=S. The molecule has 0 bridgehead atoms. The topological polar surface area (TPSA) is 67.6 Å². The number of likely N-dealkylation sites (N-methyl/N-ethyl adjacent to an activating group) is 1. The lowest BCUT2D eigenvalue weighted by atomic mass is 10.1. The van der Waals surface area contributed by atoms with E-state index in [0.29, 0.717) is 18.1 Å². The van der Waals surface area contributed by atoms with Gasteiger partial charge in [0.25, 0.3) is 0 Å². The molecular weight excluding hydrogens is 306 g/mol. The first-order valence-electron chi connectivity index (χ1n) is 6.44. The Morgan fingerprint density at radius 1 is 1.52 bits per heavy atom. The summed E-state index contributed by atoms with van der Waals surface area (Å²) in [5.74, 6) is -0.0713. The molecule has 0 fully saturated rings. The average molecular weight is 327 g/mol. The molecular formula is C14H21N3O2S2. The van der Waals surface area contributed by atoms with E-state index in [9.17, 15) is 4.79 Å². The molecule has 0 atom stereocenters. The van der Waals surface area contributed by atoms with Crippen molar-refractivity contribution in [1.82, 2.24) is 5.32 Å². The normalized spacial score (nSPS) is 10.2. The highest BCUT2D eigenvalue weighted by molar-refractivity contribution is 7.98. The second-order valence-electron chi connectivity index (χ2n) is 4.42. The minimum Gasteiger partial charge on any atom is -0.389 e. The van der Waals surface area contributed by atoms with Gasteiger partial charge in [-0.1, -0.05) is 18.3 Å². The van der Waals surface area contributed by atoms with E-state index in [1.807, 2.05) is 36.4 Å². The standard InChI is InChI=1S/C14H21N3O2S2/c1-17(9-12(18)16-7-8-19-2)10-5-4-6-11(21-3)13(10)14(15)20/h4-6H,7-9H2,1-3H3,(H2,15,20)(H,16,18). The number of amides is 1. The number of nitrogens with zero attached hydrogens (tertiary/aromatic N) is 1. The van der Waals surface area contributed by atoms with Gasteiger partial charge in [0, 0.05) is 36.8 Å². The number of nitrogens with one attached hydrogen (secondary N) is 1. The third-order valence-corrected chi connectivity index (χ3v) is 3.88. The van der Waals surface area contributed by atoms with Crippen molar-refractivity contribution in [2.75, 3.05) is 45.0 Å². The maximum Gasteiger partial charge on any atom is 0.239 e. The number of benzene rings is 1. The van der Waals surface area contributed by atoms with Gasteiger partial charge >= 0.3 is 0 Å². The fourth-order valence-corrected chi connectivity index (χ4v) is 2.82. The van der Waals surface area contributed by atoms with Gasteiger partial charge in [-0.3, -0.25) is 4.79 Å². The van der Waals surface area contributed by atoms with Crippen LogP contribution in [-0.2, 0) is 9.53 Å². The monoisotopic (exact) mass is 327 g/mol. The van der Waals surface area contributed by atoms with E-state index in [1.54, 1.807) is 18.9 Å². The van der Waals surface area contributed by atoms with E-state index >= 15 is 0 Å². The van der Waals surface area contributed by atoms with Crippen molar-refractivity contribution >= 4 is 40.6 Å². The van der Waals surface area contributed by atoms with Crippen molar-refractivity contribution in [2.45, 2.75) is 4.90 Å². The number of thiocarbonyl (C=S) groups is 1. The van der Waals surface area contributed by atoms with Crippen LogP contribution in [0.4, 0.5) is 5.69 Å². The quantitative estimate of drug-likeness (QED) is 0.425. The molecule has 0 aliphatic carbocycles. The minimum absolute atomic E-state index is 0.0713. The van der Waals surface area contributed by atoms with Gasteiger partial charge in [-0.2, -0.15) is 0 Å². The molecule has 7 heteroatoms. The van der Waals surface area contributed by atoms with Crippen molar-refractivity contribution in [1.29, 1.82) is 0 Å². The van der Waals surface area contributed by atoms with Gasteiger partial charge in [0.05, 0.1) is 13.2 Å². The predicted molar refractivity (Wildman–Crippen MR) is 92.3 cm³/mol.